The van der Waals surface area contributed by atoms with Crippen molar-refractivity contribution >= 4 is 27.5 Å². The fourth-order valence-electron chi connectivity index (χ4n) is 2.11. The van der Waals surface area contributed by atoms with Crippen LogP contribution >= 0.6 is 11.6 Å². The maximum Gasteiger partial charge on any atom is 0.392 e. The van der Waals surface area contributed by atoms with E-state index in [0.717, 1.165) is 0 Å². The van der Waals surface area contributed by atoms with Gasteiger partial charge >= 0.3 is 6.18 Å². The Labute approximate surface area is 170 Å². The molecule has 0 fully saturated rings. The Morgan fingerprint density at radius 2 is 1.97 bits per heavy atom. The molecule has 158 valence electrons. The first-order chi connectivity index (χ1) is 13.5. The quantitative estimate of drug-likeness (QED) is 0.643. The second kappa shape index (κ2) is 9.42. The van der Waals surface area contributed by atoms with Crippen molar-refractivity contribution in [3.8, 4) is 5.88 Å². The molecule has 0 spiro atoms. The Kier molecular flexibility index (Phi) is 7.44. The summed E-state index contributed by atoms with van der Waals surface area (Å²) in [7, 11) is -2.36. The molecule has 0 bridgehead atoms. The summed E-state index contributed by atoms with van der Waals surface area (Å²) in [6, 6.07) is 6.74. The van der Waals surface area contributed by atoms with E-state index in [-0.39, 0.29) is 27.9 Å². The van der Waals surface area contributed by atoms with Gasteiger partial charge in [0.15, 0.2) is 0 Å². The van der Waals surface area contributed by atoms with E-state index < -0.39 is 35.1 Å². The molecule has 0 saturated heterocycles. The number of hydrogen-bond acceptors (Lipinski definition) is 5. The van der Waals surface area contributed by atoms with Crippen molar-refractivity contribution in [2.45, 2.75) is 24.0 Å². The minimum absolute atomic E-state index is 0.00890. The molecule has 0 radical (unpaired) electrons. The SMILES string of the molecule is CNS(=O)(=O)c1ccc(CNC(=O)c2ccc(OCCC(F)(F)F)nc2)c(Cl)c1. The van der Waals surface area contributed by atoms with Crippen LogP contribution in [0.25, 0.3) is 0 Å². The molecule has 2 N–H and O–H groups in total. The fraction of sp³-hybridized carbons (Fsp3) is 0.294. The molecule has 12 heteroatoms. The summed E-state index contributed by atoms with van der Waals surface area (Å²) in [5.41, 5.74) is 0.661. The van der Waals surface area contributed by atoms with E-state index in [2.05, 4.69) is 15.0 Å². The van der Waals surface area contributed by atoms with Gasteiger partial charge in [-0.25, -0.2) is 18.1 Å². The van der Waals surface area contributed by atoms with Crippen LogP contribution in [-0.2, 0) is 16.6 Å². The molecule has 2 rings (SSSR count). The Bertz CT molecular complexity index is 967. The monoisotopic (exact) mass is 451 g/mol. The van der Waals surface area contributed by atoms with Gasteiger partial charge in [-0.1, -0.05) is 17.7 Å². The number of halogens is 4. The highest BCUT2D eigenvalue weighted by molar-refractivity contribution is 7.89. The minimum Gasteiger partial charge on any atom is -0.477 e. The van der Waals surface area contributed by atoms with Crippen LogP contribution < -0.4 is 14.8 Å². The highest BCUT2D eigenvalue weighted by Gasteiger charge is 2.26. The smallest absolute Gasteiger partial charge is 0.392 e. The van der Waals surface area contributed by atoms with Gasteiger partial charge in [0.05, 0.1) is 23.5 Å². The van der Waals surface area contributed by atoms with Gasteiger partial charge in [-0.3, -0.25) is 4.79 Å². The third kappa shape index (κ3) is 6.87. The maximum atomic E-state index is 12.2. The minimum atomic E-state index is -4.32. The van der Waals surface area contributed by atoms with Gasteiger partial charge in [-0.2, -0.15) is 13.2 Å². The molecule has 2 aromatic rings. The van der Waals surface area contributed by atoms with Crippen molar-refractivity contribution in [2.75, 3.05) is 13.7 Å². The molecular weight excluding hydrogens is 435 g/mol. The van der Waals surface area contributed by atoms with E-state index in [1.165, 1.54) is 43.6 Å². The van der Waals surface area contributed by atoms with Crippen LogP contribution in [0.3, 0.4) is 0 Å². The van der Waals surface area contributed by atoms with Gasteiger partial charge in [-0.15, -0.1) is 0 Å². The predicted octanol–water partition coefficient (Wildman–Crippen LogP) is 2.90. The summed E-state index contributed by atoms with van der Waals surface area (Å²) in [6.07, 6.45) is -4.26. The van der Waals surface area contributed by atoms with Gasteiger partial charge in [0.2, 0.25) is 15.9 Å². The number of carbonyl (C=O) groups excluding carboxylic acids is 1. The van der Waals surface area contributed by atoms with Crippen LogP contribution in [0, 0.1) is 0 Å². The summed E-state index contributed by atoms with van der Waals surface area (Å²) >= 11 is 6.07. The zero-order valence-corrected chi connectivity index (χ0v) is 16.7. The maximum absolute atomic E-state index is 12.2. The van der Waals surface area contributed by atoms with E-state index in [1.54, 1.807) is 0 Å². The molecule has 1 aromatic heterocycles. The summed E-state index contributed by atoms with van der Waals surface area (Å²) in [5.74, 6) is -0.530. The molecule has 0 aliphatic heterocycles. The number of benzene rings is 1. The summed E-state index contributed by atoms with van der Waals surface area (Å²) in [6.45, 7) is -0.540. The lowest BCUT2D eigenvalue weighted by Gasteiger charge is -2.10. The Morgan fingerprint density at radius 1 is 1.24 bits per heavy atom. The van der Waals surface area contributed by atoms with Crippen LogP contribution in [0.4, 0.5) is 13.2 Å². The summed E-state index contributed by atoms with van der Waals surface area (Å²) < 4.78 is 66.8. The number of sulfonamides is 1. The van der Waals surface area contributed by atoms with E-state index in [9.17, 15) is 26.4 Å². The lowest BCUT2D eigenvalue weighted by molar-refractivity contribution is -0.139. The van der Waals surface area contributed by atoms with E-state index >= 15 is 0 Å². The van der Waals surface area contributed by atoms with Gasteiger partial charge in [0.25, 0.3) is 5.91 Å². The number of amides is 1. The number of rotatable bonds is 8. The normalized spacial score (nSPS) is 11.9. The number of ether oxygens (including phenoxy) is 1. The molecule has 0 unspecified atom stereocenters. The Hall–Kier alpha value is -2.37. The van der Waals surface area contributed by atoms with E-state index in [4.69, 9.17) is 16.3 Å². The molecular formula is C17H17ClF3N3O4S. The molecule has 1 heterocycles. The van der Waals surface area contributed by atoms with Crippen molar-refractivity contribution in [3.63, 3.8) is 0 Å². The van der Waals surface area contributed by atoms with Crippen molar-refractivity contribution in [1.82, 2.24) is 15.0 Å². The Balaban J connectivity index is 1.94. The van der Waals surface area contributed by atoms with Crippen LogP contribution in [0.5, 0.6) is 5.88 Å². The predicted molar refractivity (Wildman–Crippen MR) is 99.3 cm³/mol. The zero-order chi connectivity index (χ0) is 21.7. The largest absolute Gasteiger partial charge is 0.477 e. The first kappa shape index (κ1) is 22.9. The average molecular weight is 452 g/mol. The summed E-state index contributed by atoms with van der Waals surface area (Å²) in [5, 5.41) is 2.75. The topological polar surface area (TPSA) is 97.4 Å². The lowest BCUT2D eigenvalue weighted by atomic mass is 10.2. The first-order valence-electron chi connectivity index (χ1n) is 8.17. The fourth-order valence-corrected chi connectivity index (χ4v) is 3.17. The van der Waals surface area contributed by atoms with E-state index in [1.807, 2.05) is 0 Å². The second-order valence-electron chi connectivity index (χ2n) is 5.74. The highest BCUT2D eigenvalue weighted by atomic mass is 35.5. The highest BCUT2D eigenvalue weighted by Crippen LogP contribution is 2.21. The molecule has 0 aliphatic carbocycles. The molecule has 0 atom stereocenters. The molecule has 29 heavy (non-hydrogen) atoms. The van der Waals surface area contributed by atoms with Crippen LogP contribution in [0.15, 0.2) is 41.4 Å². The van der Waals surface area contributed by atoms with Crippen molar-refractivity contribution in [2.24, 2.45) is 0 Å². The summed E-state index contributed by atoms with van der Waals surface area (Å²) in [4.78, 5) is 15.9. The number of hydrogen-bond donors (Lipinski definition) is 2. The van der Waals surface area contributed by atoms with Gasteiger partial charge in [0, 0.05) is 23.8 Å². The van der Waals surface area contributed by atoms with Crippen LogP contribution in [0.2, 0.25) is 5.02 Å². The number of nitrogens with one attached hydrogen (secondary N) is 2. The molecule has 0 saturated carbocycles. The van der Waals surface area contributed by atoms with E-state index in [0.29, 0.717) is 5.56 Å². The number of aromatic nitrogens is 1. The van der Waals surface area contributed by atoms with Crippen LogP contribution in [0.1, 0.15) is 22.3 Å². The van der Waals surface area contributed by atoms with Gasteiger partial charge in [0.1, 0.15) is 0 Å². The molecule has 0 aliphatic rings. The van der Waals surface area contributed by atoms with Gasteiger partial charge in [-0.05, 0) is 30.8 Å². The first-order valence-corrected chi connectivity index (χ1v) is 10.0. The van der Waals surface area contributed by atoms with Crippen LogP contribution in [-0.4, -0.2) is 39.1 Å². The number of nitrogens with zero attached hydrogens (tertiary/aromatic N) is 1. The zero-order valence-electron chi connectivity index (χ0n) is 15.1. The second-order valence-corrected chi connectivity index (χ2v) is 8.04. The molecule has 1 aromatic carbocycles. The average Bonchev–Trinajstić information content (AvgIpc) is 2.66. The molecule has 1 amide bonds. The molecule has 7 nitrogen and oxygen atoms in total. The van der Waals surface area contributed by atoms with Crippen molar-refractivity contribution < 1.29 is 31.1 Å². The lowest BCUT2D eigenvalue weighted by Crippen LogP contribution is -2.23. The number of carbonyl (C=O) groups is 1. The third-order valence-electron chi connectivity index (χ3n) is 3.68. The standard InChI is InChI=1S/C17H17ClF3N3O4S/c1-22-29(26,27)13-4-2-11(14(18)8-13)9-24-16(25)12-3-5-15(23-10-12)28-7-6-17(19,20)21/h2-5,8,10,22H,6-7,9H2,1H3,(H,24,25). The number of alkyl halides is 3. The van der Waals surface area contributed by atoms with Gasteiger partial charge < -0.3 is 10.1 Å². The third-order valence-corrected chi connectivity index (χ3v) is 5.44. The Morgan fingerprint density at radius 3 is 2.52 bits per heavy atom. The van der Waals surface area contributed by atoms with Crippen molar-refractivity contribution in [1.29, 1.82) is 0 Å². The number of pyridine rings is 1. The van der Waals surface area contributed by atoms with Crippen molar-refractivity contribution in [3.05, 3.63) is 52.7 Å².